The summed E-state index contributed by atoms with van der Waals surface area (Å²) in [5.74, 6) is -0.0366. The molecular formula is C9H4F3N5. The second-order valence-corrected chi connectivity index (χ2v) is 3.02. The summed E-state index contributed by atoms with van der Waals surface area (Å²) in [5.41, 5.74) is -0.955. The number of hydrogen-bond donors (Lipinski definition) is 0. The lowest BCUT2D eigenvalue weighted by molar-refractivity contribution is -0.141. The molecule has 0 atom stereocenters. The van der Waals surface area contributed by atoms with Crippen molar-refractivity contribution >= 4 is 0 Å². The van der Waals surface area contributed by atoms with Crippen LogP contribution in [0.15, 0.2) is 24.5 Å². The number of alkyl halides is 3. The number of nitriles is 1. The van der Waals surface area contributed by atoms with Gasteiger partial charge in [0.1, 0.15) is 11.6 Å². The van der Waals surface area contributed by atoms with Crippen LogP contribution >= 0.6 is 0 Å². The van der Waals surface area contributed by atoms with Crippen LogP contribution in [0.3, 0.4) is 0 Å². The van der Waals surface area contributed by atoms with Crippen LogP contribution in [0.1, 0.15) is 11.3 Å². The molecule has 2 aromatic heterocycles. The van der Waals surface area contributed by atoms with Crippen LogP contribution in [0.25, 0.3) is 5.82 Å². The fourth-order valence-electron chi connectivity index (χ4n) is 1.17. The number of rotatable bonds is 1. The van der Waals surface area contributed by atoms with Crippen LogP contribution in [0.5, 0.6) is 0 Å². The SMILES string of the molecule is N#Cc1ccnnc1-n1ccc(C(F)(F)F)n1. The van der Waals surface area contributed by atoms with Crippen LogP contribution in [0, 0.1) is 11.3 Å². The molecule has 86 valence electrons. The molecule has 0 saturated heterocycles. The van der Waals surface area contributed by atoms with Crippen LogP contribution < -0.4 is 0 Å². The lowest BCUT2D eigenvalue weighted by Crippen LogP contribution is -2.09. The monoisotopic (exact) mass is 239 g/mol. The van der Waals surface area contributed by atoms with Crippen LogP contribution in [0.2, 0.25) is 0 Å². The van der Waals surface area contributed by atoms with E-state index in [1.54, 1.807) is 6.07 Å². The van der Waals surface area contributed by atoms with Gasteiger partial charge in [0.15, 0.2) is 11.5 Å². The van der Waals surface area contributed by atoms with Gasteiger partial charge in [-0.15, -0.1) is 5.10 Å². The molecule has 2 rings (SSSR count). The average molecular weight is 239 g/mol. The molecule has 0 radical (unpaired) electrons. The fourth-order valence-corrected chi connectivity index (χ4v) is 1.17. The van der Waals surface area contributed by atoms with E-state index in [0.29, 0.717) is 0 Å². The first-order chi connectivity index (χ1) is 8.02. The predicted molar refractivity (Wildman–Crippen MR) is 48.9 cm³/mol. The summed E-state index contributed by atoms with van der Waals surface area (Å²) in [6.07, 6.45) is -2.18. The second-order valence-electron chi connectivity index (χ2n) is 3.02. The quantitative estimate of drug-likeness (QED) is 0.757. The minimum atomic E-state index is -4.53. The highest BCUT2D eigenvalue weighted by molar-refractivity contribution is 5.41. The van der Waals surface area contributed by atoms with E-state index in [2.05, 4.69) is 15.3 Å². The molecule has 0 bridgehead atoms. The van der Waals surface area contributed by atoms with Crippen LogP contribution in [-0.4, -0.2) is 20.0 Å². The molecule has 2 heterocycles. The average Bonchev–Trinajstić information content (AvgIpc) is 2.77. The van der Waals surface area contributed by atoms with E-state index in [0.717, 1.165) is 16.9 Å². The maximum atomic E-state index is 12.3. The van der Waals surface area contributed by atoms with Crippen molar-refractivity contribution in [1.82, 2.24) is 20.0 Å². The van der Waals surface area contributed by atoms with Crippen molar-refractivity contribution in [2.45, 2.75) is 6.18 Å². The Morgan fingerprint density at radius 3 is 2.65 bits per heavy atom. The Labute approximate surface area is 93.1 Å². The van der Waals surface area contributed by atoms with Gasteiger partial charge in [-0.2, -0.15) is 28.6 Å². The van der Waals surface area contributed by atoms with Gasteiger partial charge in [0.05, 0.1) is 6.20 Å². The highest BCUT2D eigenvalue weighted by atomic mass is 19.4. The molecule has 0 amide bonds. The zero-order valence-electron chi connectivity index (χ0n) is 8.18. The third-order valence-corrected chi connectivity index (χ3v) is 1.92. The molecule has 17 heavy (non-hydrogen) atoms. The van der Waals surface area contributed by atoms with E-state index in [4.69, 9.17) is 5.26 Å². The minimum absolute atomic E-state index is 0.0366. The van der Waals surface area contributed by atoms with Gasteiger partial charge >= 0.3 is 6.18 Å². The molecular weight excluding hydrogens is 235 g/mol. The van der Waals surface area contributed by atoms with E-state index in [1.165, 1.54) is 12.3 Å². The van der Waals surface area contributed by atoms with Gasteiger partial charge in [-0.25, -0.2) is 4.68 Å². The smallest absolute Gasteiger partial charge is 0.219 e. The molecule has 0 unspecified atom stereocenters. The van der Waals surface area contributed by atoms with Crippen LogP contribution in [-0.2, 0) is 6.18 Å². The van der Waals surface area contributed by atoms with E-state index in [9.17, 15) is 13.2 Å². The summed E-state index contributed by atoms with van der Waals surface area (Å²) in [6.45, 7) is 0. The lowest BCUT2D eigenvalue weighted by Gasteiger charge is -2.02. The normalized spacial score (nSPS) is 11.2. The molecule has 0 aliphatic rings. The van der Waals surface area contributed by atoms with E-state index in [1.807, 2.05) is 0 Å². The summed E-state index contributed by atoms with van der Waals surface area (Å²) in [7, 11) is 0. The number of aromatic nitrogens is 4. The van der Waals surface area contributed by atoms with Crippen molar-refractivity contribution in [2.75, 3.05) is 0 Å². The molecule has 0 spiro atoms. The van der Waals surface area contributed by atoms with Crippen molar-refractivity contribution in [3.8, 4) is 11.9 Å². The maximum absolute atomic E-state index is 12.3. The Balaban J connectivity index is 2.49. The van der Waals surface area contributed by atoms with Crippen molar-refractivity contribution in [1.29, 1.82) is 5.26 Å². The molecule has 0 N–H and O–H groups in total. The summed E-state index contributed by atoms with van der Waals surface area (Å²) >= 11 is 0. The van der Waals surface area contributed by atoms with Gasteiger partial charge in [0, 0.05) is 6.20 Å². The van der Waals surface area contributed by atoms with Crippen LogP contribution in [0.4, 0.5) is 13.2 Å². The van der Waals surface area contributed by atoms with Crippen molar-refractivity contribution < 1.29 is 13.2 Å². The standard InChI is InChI=1S/C9H4F3N5/c10-9(11,12)7-2-4-17(16-7)8-6(5-13)1-3-14-15-8/h1-4H. The zero-order valence-corrected chi connectivity index (χ0v) is 8.18. The molecule has 0 aliphatic carbocycles. The first-order valence-corrected chi connectivity index (χ1v) is 4.37. The highest BCUT2D eigenvalue weighted by Crippen LogP contribution is 2.27. The molecule has 0 saturated carbocycles. The molecule has 2 aromatic rings. The van der Waals surface area contributed by atoms with Gasteiger partial charge < -0.3 is 0 Å². The van der Waals surface area contributed by atoms with E-state index in [-0.39, 0.29) is 11.4 Å². The topological polar surface area (TPSA) is 67.4 Å². The summed E-state index contributed by atoms with van der Waals surface area (Å²) in [6, 6.07) is 3.94. The predicted octanol–water partition coefficient (Wildman–Crippen LogP) is 1.55. The Morgan fingerprint density at radius 2 is 2.06 bits per heavy atom. The molecule has 8 heteroatoms. The Bertz CT molecular complexity index is 581. The van der Waals surface area contributed by atoms with Gasteiger partial charge in [0.2, 0.25) is 0 Å². The first-order valence-electron chi connectivity index (χ1n) is 4.37. The first kappa shape index (κ1) is 11.1. The van der Waals surface area contributed by atoms with Gasteiger partial charge in [-0.05, 0) is 12.1 Å². The van der Waals surface area contributed by atoms with Crippen molar-refractivity contribution in [3.63, 3.8) is 0 Å². The molecule has 5 nitrogen and oxygen atoms in total. The number of nitrogens with zero attached hydrogens (tertiary/aromatic N) is 5. The van der Waals surface area contributed by atoms with E-state index >= 15 is 0 Å². The maximum Gasteiger partial charge on any atom is 0.435 e. The summed E-state index contributed by atoms with van der Waals surface area (Å²) in [4.78, 5) is 0. The van der Waals surface area contributed by atoms with Gasteiger partial charge in [-0.3, -0.25) is 0 Å². The minimum Gasteiger partial charge on any atom is -0.219 e. The fraction of sp³-hybridized carbons (Fsp3) is 0.111. The molecule has 0 aliphatic heterocycles. The Morgan fingerprint density at radius 1 is 1.29 bits per heavy atom. The molecule has 0 fully saturated rings. The van der Waals surface area contributed by atoms with Crippen molar-refractivity contribution in [3.05, 3.63) is 35.8 Å². The van der Waals surface area contributed by atoms with Crippen molar-refractivity contribution in [2.24, 2.45) is 0 Å². The second kappa shape index (κ2) is 3.86. The third-order valence-electron chi connectivity index (χ3n) is 1.92. The third kappa shape index (κ3) is 2.08. The lowest BCUT2D eigenvalue weighted by atomic mass is 10.3. The Hall–Kier alpha value is -2.43. The largest absolute Gasteiger partial charge is 0.435 e. The van der Waals surface area contributed by atoms with E-state index < -0.39 is 11.9 Å². The highest BCUT2D eigenvalue weighted by Gasteiger charge is 2.33. The Kier molecular flexibility index (Phi) is 2.51. The molecule has 0 aromatic carbocycles. The summed E-state index contributed by atoms with van der Waals surface area (Å²) < 4.78 is 37.8. The number of halogens is 3. The van der Waals surface area contributed by atoms with Gasteiger partial charge in [0.25, 0.3) is 0 Å². The van der Waals surface area contributed by atoms with Gasteiger partial charge in [-0.1, -0.05) is 0 Å². The summed E-state index contributed by atoms with van der Waals surface area (Å²) in [5, 5.41) is 19.1. The number of hydrogen-bond acceptors (Lipinski definition) is 4. The zero-order chi connectivity index (χ0) is 12.5.